The van der Waals surface area contributed by atoms with Crippen molar-refractivity contribution in [2.45, 2.75) is 38.8 Å². The summed E-state index contributed by atoms with van der Waals surface area (Å²) in [6, 6.07) is 4.86. The number of halogens is 1. The lowest BCUT2D eigenvalue weighted by molar-refractivity contribution is -0.142. The largest absolute Gasteiger partial charge is 0.459 e. The molecule has 2 amide bonds. The summed E-state index contributed by atoms with van der Waals surface area (Å²) in [7, 11) is 0. The second kappa shape index (κ2) is 7.58. The molecule has 25 heavy (non-hydrogen) atoms. The van der Waals surface area contributed by atoms with Gasteiger partial charge in [0.15, 0.2) is 0 Å². The van der Waals surface area contributed by atoms with E-state index in [4.69, 9.17) is 9.47 Å². The highest BCUT2D eigenvalue weighted by Gasteiger charge is 2.33. The zero-order valence-electron chi connectivity index (χ0n) is 14.2. The van der Waals surface area contributed by atoms with Gasteiger partial charge >= 0.3 is 12.0 Å². The van der Waals surface area contributed by atoms with E-state index in [9.17, 15) is 9.59 Å². The fraction of sp³-hybridized carbons (Fsp3) is 0.444. The highest BCUT2D eigenvalue weighted by Crippen LogP contribution is 2.30. The van der Waals surface area contributed by atoms with Gasteiger partial charge in [-0.2, -0.15) is 0 Å². The van der Waals surface area contributed by atoms with Crippen LogP contribution in [0.15, 0.2) is 33.9 Å². The van der Waals surface area contributed by atoms with Crippen molar-refractivity contribution < 1.29 is 19.1 Å². The van der Waals surface area contributed by atoms with Crippen LogP contribution in [0.1, 0.15) is 36.9 Å². The number of benzene rings is 1. The Balaban J connectivity index is 1.83. The molecule has 1 aromatic carbocycles. The van der Waals surface area contributed by atoms with Crippen LogP contribution in [0, 0.1) is 6.92 Å². The summed E-state index contributed by atoms with van der Waals surface area (Å²) in [5, 5.41) is 5.46. The minimum Gasteiger partial charge on any atom is -0.459 e. The van der Waals surface area contributed by atoms with E-state index in [1.807, 2.05) is 25.1 Å². The Labute approximate surface area is 155 Å². The van der Waals surface area contributed by atoms with Gasteiger partial charge in [0.05, 0.1) is 17.7 Å². The van der Waals surface area contributed by atoms with Gasteiger partial charge < -0.3 is 20.1 Å². The average molecular weight is 409 g/mol. The predicted octanol–water partition coefficient (Wildman–Crippen LogP) is 3.11. The molecule has 0 radical (unpaired) electrons. The molecule has 1 fully saturated rings. The SMILES string of the molecule is CC1=C(C(=O)OC[C@@H]2CCCO2)[C@H](c2ccc(C)c(Br)c2)NC(=O)N1. The molecule has 2 heterocycles. The van der Waals surface area contributed by atoms with Gasteiger partial charge in [-0.05, 0) is 43.9 Å². The van der Waals surface area contributed by atoms with Gasteiger partial charge in [0.25, 0.3) is 0 Å². The normalized spacial score (nSPS) is 23.2. The second-order valence-corrected chi connectivity index (χ2v) is 7.17. The van der Waals surface area contributed by atoms with Crippen LogP contribution in [0.5, 0.6) is 0 Å². The molecular formula is C18H21BrN2O4. The Kier molecular flexibility index (Phi) is 5.44. The molecule has 2 N–H and O–H groups in total. The van der Waals surface area contributed by atoms with Gasteiger partial charge in [-0.3, -0.25) is 0 Å². The number of urea groups is 1. The van der Waals surface area contributed by atoms with E-state index in [2.05, 4.69) is 26.6 Å². The molecule has 6 nitrogen and oxygen atoms in total. The zero-order chi connectivity index (χ0) is 18.0. The molecule has 0 aromatic heterocycles. The topological polar surface area (TPSA) is 76.7 Å². The standard InChI is InChI=1S/C18H21BrN2O4/c1-10-5-6-12(8-14(10)19)16-15(11(2)20-18(23)21-16)17(22)25-9-13-4-3-7-24-13/h5-6,8,13,16H,3-4,7,9H2,1-2H3,(H2,20,21,23)/t13-,16-/m0/s1. The van der Waals surface area contributed by atoms with Gasteiger partial charge in [-0.15, -0.1) is 0 Å². The number of ether oxygens (including phenoxy) is 2. The zero-order valence-corrected chi connectivity index (χ0v) is 15.8. The van der Waals surface area contributed by atoms with Crippen molar-refractivity contribution in [1.29, 1.82) is 0 Å². The number of esters is 1. The van der Waals surface area contributed by atoms with E-state index < -0.39 is 12.0 Å². The molecule has 2 aliphatic rings. The van der Waals surface area contributed by atoms with Gasteiger partial charge in [-0.25, -0.2) is 9.59 Å². The minimum absolute atomic E-state index is 0.0389. The molecule has 0 unspecified atom stereocenters. The van der Waals surface area contributed by atoms with Crippen LogP contribution < -0.4 is 10.6 Å². The lowest BCUT2D eigenvalue weighted by atomic mass is 9.95. The molecular weight excluding hydrogens is 388 g/mol. The number of carbonyl (C=O) groups excluding carboxylic acids is 2. The Morgan fingerprint density at radius 3 is 2.88 bits per heavy atom. The number of hydrogen-bond acceptors (Lipinski definition) is 4. The Morgan fingerprint density at radius 1 is 1.40 bits per heavy atom. The van der Waals surface area contributed by atoms with Crippen LogP contribution in [0.25, 0.3) is 0 Å². The van der Waals surface area contributed by atoms with E-state index in [1.165, 1.54) is 0 Å². The van der Waals surface area contributed by atoms with Crippen molar-refractivity contribution in [3.05, 3.63) is 45.1 Å². The third-order valence-corrected chi connectivity index (χ3v) is 5.30. The summed E-state index contributed by atoms with van der Waals surface area (Å²) in [5.74, 6) is -0.442. The van der Waals surface area contributed by atoms with Crippen LogP contribution in [0.3, 0.4) is 0 Å². The fourth-order valence-corrected chi connectivity index (χ4v) is 3.42. The van der Waals surface area contributed by atoms with E-state index in [0.717, 1.165) is 28.4 Å². The number of nitrogens with one attached hydrogen (secondary N) is 2. The summed E-state index contributed by atoms with van der Waals surface area (Å²) in [5.41, 5.74) is 2.80. The summed E-state index contributed by atoms with van der Waals surface area (Å²) in [6.07, 6.45) is 1.85. The highest BCUT2D eigenvalue weighted by molar-refractivity contribution is 9.10. The fourth-order valence-electron chi connectivity index (χ4n) is 3.03. The van der Waals surface area contributed by atoms with E-state index in [-0.39, 0.29) is 18.7 Å². The first kappa shape index (κ1) is 17.9. The van der Waals surface area contributed by atoms with E-state index >= 15 is 0 Å². The number of hydrogen-bond donors (Lipinski definition) is 2. The number of carbonyl (C=O) groups is 2. The number of aryl methyl sites for hydroxylation is 1. The summed E-state index contributed by atoms with van der Waals surface area (Å²) >= 11 is 3.50. The lowest BCUT2D eigenvalue weighted by Crippen LogP contribution is -2.45. The monoisotopic (exact) mass is 408 g/mol. The third kappa shape index (κ3) is 4.04. The summed E-state index contributed by atoms with van der Waals surface area (Å²) in [6.45, 7) is 4.62. The van der Waals surface area contributed by atoms with Crippen molar-refractivity contribution >= 4 is 27.9 Å². The number of allylic oxidation sites excluding steroid dienone is 1. The first-order valence-corrected chi connectivity index (χ1v) is 9.08. The average Bonchev–Trinajstić information content (AvgIpc) is 3.08. The van der Waals surface area contributed by atoms with Crippen LogP contribution in [-0.4, -0.2) is 31.3 Å². The molecule has 0 spiro atoms. The number of amides is 2. The Hall–Kier alpha value is -1.86. The highest BCUT2D eigenvalue weighted by atomic mass is 79.9. The summed E-state index contributed by atoms with van der Waals surface area (Å²) in [4.78, 5) is 24.6. The first-order chi connectivity index (χ1) is 12.0. The molecule has 7 heteroatoms. The lowest BCUT2D eigenvalue weighted by Gasteiger charge is -2.28. The maximum Gasteiger partial charge on any atom is 0.338 e. The van der Waals surface area contributed by atoms with Crippen molar-refractivity contribution in [3.63, 3.8) is 0 Å². The van der Waals surface area contributed by atoms with Crippen molar-refractivity contribution in [3.8, 4) is 0 Å². The van der Waals surface area contributed by atoms with E-state index in [0.29, 0.717) is 17.9 Å². The molecule has 1 aromatic rings. The third-order valence-electron chi connectivity index (χ3n) is 4.44. The van der Waals surface area contributed by atoms with Gasteiger partial charge in [-0.1, -0.05) is 28.1 Å². The minimum atomic E-state index is -0.553. The van der Waals surface area contributed by atoms with Gasteiger partial charge in [0.2, 0.25) is 0 Å². The second-order valence-electron chi connectivity index (χ2n) is 6.31. The molecule has 0 bridgehead atoms. The Morgan fingerprint density at radius 2 is 2.20 bits per heavy atom. The Bertz CT molecular complexity index is 726. The molecule has 3 rings (SSSR count). The molecule has 0 aliphatic carbocycles. The quantitative estimate of drug-likeness (QED) is 0.750. The number of rotatable bonds is 4. The molecule has 134 valence electrons. The van der Waals surface area contributed by atoms with Crippen molar-refractivity contribution in [2.75, 3.05) is 13.2 Å². The predicted molar refractivity (Wildman–Crippen MR) is 95.9 cm³/mol. The van der Waals surface area contributed by atoms with Gasteiger partial charge in [0, 0.05) is 16.8 Å². The molecule has 2 aliphatic heterocycles. The molecule has 1 saturated heterocycles. The summed E-state index contributed by atoms with van der Waals surface area (Å²) < 4.78 is 11.9. The van der Waals surface area contributed by atoms with Crippen molar-refractivity contribution in [1.82, 2.24) is 10.6 Å². The van der Waals surface area contributed by atoms with Crippen LogP contribution in [0.2, 0.25) is 0 Å². The molecule has 2 atom stereocenters. The molecule has 0 saturated carbocycles. The van der Waals surface area contributed by atoms with Gasteiger partial charge in [0.1, 0.15) is 6.61 Å². The van der Waals surface area contributed by atoms with Crippen LogP contribution in [-0.2, 0) is 14.3 Å². The maximum absolute atomic E-state index is 12.7. The smallest absolute Gasteiger partial charge is 0.338 e. The van der Waals surface area contributed by atoms with Crippen LogP contribution in [0.4, 0.5) is 4.79 Å². The maximum atomic E-state index is 12.7. The van der Waals surface area contributed by atoms with Crippen LogP contribution >= 0.6 is 15.9 Å². The first-order valence-electron chi connectivity index (χ1n) is 8.28. The van der Waals surface area contributed by atoms with E-state index in [1.54, 1.807) is 6.92 Å². The van der Waals surface area contributed by atoms with Crippen molar-refractivity contribution in [2.24, 2.45) is 0 Å².